The summed E-state index contributed by atoms with van der Waals surface area (Å²) in [6, 6.07) is 5.97. The van der Waals surface area contributed by atoms with Crippen molar-refractivity contribution < 1.29 is 29.0 Å². The number of amides is 1. The number of rotatable bonds is 7. The minimum Gasteiger partial charge on any atom is -0.481 e. The lowest BCUT2D eigenvalue weighted by Crippen LogP contribution is -2.41. The SMILES string of the molecule is CCCOC(=O)c1c(-c2ccc(C)cc2C)csc1NC(=O)[C@H]1[C@@H](C(=O)O)[C@H]2CC[C@H]1O2. The van der Waals surface area contributed by atoms with Gasteiger partial charge in [-0.05, 0) is 44.2 Å². The largest absolute Gasteiger partial charge is 0.481 e. The third-order valence-corrected chi connectivity index (χ3v) is 7.10. The number of hydrogen-bond acceptors (Lipinski definition) is 6. The number of thiophene rings is 1. The Kier molecular flexibility index (Phi) is 6.35. The van der Waals surface area contributed by atoms with E-state index in [-0.39, 0.29) is 6.61 Å². The summed E-state index contributed by atoms with van der Waals surface area (Å²) in [5.41, 5.74) is 4.02. The van der Waals surface area contributed by atoms with Gasteiger partial charge in [-0.25, -0.2) is 4.79 Å². The molecule has 2 aliphatic rings. The van der Waals surface area contributed by atoms with E-state index in [2.05, 4.69) is 5.32 Å². The summed E-state index contributed by atoms with van der Waals surface area (Å²) in [5, 5.41) is 14.7. The fourth-order valence-corrected chi connectivity index (χ4v) is 5.70. The van der Waals surface area contributed by atoms with E-state index in [9.17, 15) is 19.5 Å². The van der Waals surface area contributed by atoms with Gasteiger partial charge < -0.3 is 19.9 Å². The second-order valence-electron chi connectivity index (χ2n) is 8.48. The lowest BCUT2D eigenvalue weighted by molar-refractivity contribution is -0.147. The number of benzene rings is 1. The highest BCUT2D eigenvalue weighted by molar-refractivity contribution is 7.15. The van der Waals surface area contributed by atoms with Crippen LogP contribution in [0.4, 0.5) is 5.00 Å². The van der Waals surface area contributed by atoms with Crippen LogP contribution in [0.2, 0.25) is 0 Å². The van der Waals surface area contributed by atoms with Crippen LogP contribution in [0.15, 0.2) is 23.6 Å². The van der Waals surface area contributed by atoms with E-state index in [4.69, 9.17) is 9.47 Å². The Morgan fingerprint density at radius 2 is 1.88 bits per heavy atom. The molecule has 0 saturated carbocycles. The van der Waals surface area contributed by atoms with Gasteiger partial charge in [0.05, 0.1) is 30.7 Å². The van der Waals surface area contributed by atoms with Gasteiger partial charge in [-0.15, -0.1) is 11.3 Å². The Balaban J connectivity index is 1.68. The highest BCUT2D eigenvalue weighted by Gasteiger charge is 2.55. The van der Waals surface area contributed by atoms with Crippen molar-refractivity contribution in [3.63, 3.8) is 0 Å². The normalized spacial score (nSPS) is 23.8. The quantitative estimate of drug-likeness (QED) is 0.597. The third kappa shape index (κ3) is 4.04. The van der Waals surface area contributed by atoms with Gasteiger partial charge in [-0.2, -0.15) is 0 Å². The molecule has 3 heterocycles. The minimum atomic E-state index is -1.03. The van der Waals surface area contributed by atoms with Gasteiger partial charge in [0.15, 0.2) is 0 Å². The predicted molar refractivity (Wildman–Crippen MR) is 121 cm³/mol. The Hall–Kier alpha value is -2.71. The molecule has 0 spiro atoms. The number of carbonyl (C=O) groups is 3. The van der Waals surface area contributed by atoms with Crippen molar-refractivity contribution in [1.82, 2.24) is 0 Å². The van der Waals surface area contributed by atoms with Crippen LogP contribution in [0.25, 0.3) is 11.1 Å². The third-order valence-electron chi connectivity index (χ3n) is 6.20. The molecular weight excluding hydrogens is 430 g/mol. The van der Waals surface area contributed by atoms with Crippen molar-refractivity contribution in [2.45, 2.75) is 52.2 Å². The lowest BCUT2D eigenvalue weighted by Gasteiger charge is -2.23. The fourth-order valence-electron chi connectivity index (χ4n) is 4.75. The predicted octanol–water partition coefficient (Wildman–Crippen LogP) is 4.42. The molecule has 0 aliphatic carbocycles. The Bertz CT molecular complexity index is 1060. The molecule has 8 heteroatoms. The second-order valence-corrected chi connectivity index (χ2v) is 9.36. The van der Waals surface area contributed by atoms with Gasteiger partial charge in [0, 0.05) is 10.9 Å². The lowest BCUT2D eigenvalue weighted by atomic mass is 9.78. The molecular formula is C24H27NO6S. The topological polar surface area (TPSA) is 102 Å². The number of ether oxygens (including phenoxy) is 2. The van der Waals surface area contributed by atoms with Crippen LogP contribution in [-0.2, 0) is 19.1 Å². The van der Waals surface area contributed by atoms with Crippen molar-refractivity contribution in [3.8, 4) is 11.1 Å². The summed E-state index contributed by atoms with van der Waals surface area (Å²) in [5.74, 6) is -3.61. The first-order valence-electron chi connectivity index (χ1n) is 10.9. The first-order valence-corrected chi connectivity index (χ1v) is 11.7. The van der Waals surface area contributed by atoms with E-state index in [0.29, 0.717) is 35.4 Å². The molecule has 4 rings (SSSR count). The Morgan fingerprint density at radius 1 is 1.16 bits per heavy atom. The second kappa shape index (κ2) is 9.03. The molecule has 2 aliphatic heterocycles. The molecule has 32 heavy (non-hydrogen) atoms. The molecule has 7 nitrogen and oxygen atoms in total. The van der Waals surface area contributed by atoms with E-state index in [1.54, 1.807) is 0 Å². The van der Waals surface area contributed by atoms with Crippen LogP contribution in [0.5, 0.6) is 0 Å². The summed E-state index contributed by atoms with van der Waals surface area (Å²) >= 11 is 1.24. The van der Waals surface area contributed by atoms with Crippen molar-refractivity contribution in [3.05, 3.63) is 40.3 Å². The van der Waals surface area contributed by atoms with Gasteiger partial charge in [-0.1, -0.05) is 30.7 Å². The summed E-state index contributed by atoms with van der Waals surface area (Å²) in [7, 11) is 0. The van der Waals surface area contributed by atoms with E-state index in [1.165, 1.54) is 11.3 Å². The smallest absolute Gasteiger partial charge is 0.341 e. The van der Waals surface area contributed by atoms with Crippen molar-refractivity contribution in [1.29, 1.82) is 0 Å². The molecule has 2 N–H and O–H groups in total. The molecule has 170 valence electrons. The summed E-state index contributed by atoms with van der Waals surface area (Å²) in [6.45, 7) is 6.16. The van der Waals surface area contributed by atoms with Gasteiger partial charge in [0.2, 0.25) is 5.91 Å². The number of carboxylic acids is 1. The molecule has 2 saturated heterocycles. The first-order chi connectivity index (χ1) is 15.3. The standard InChI is InChI=1S/C24H27NO6S/c1-4-9-30-24(29)18-15(14-6-5-12(2)10-13(14)3)11-32-22(18)25-21(26)19-16-7-8-17(31-16)20(19)23(27)28/h5-6,10-11,16-17,19-20H,4,7-9H2,1-3H3,(H,25,26)(H,27,28)/t16-,17-,19-,20+/m1/s1. The fraction of sp³-hybridized carbons (Fsp3) is 0.458. The number of carboxylic acid groups (broad SMARTS) is 1. The maximum Gasteiger partial charge on any atom is 0.341 e. The van der Waals surface area contributed by atoms with E-state index < -0.39 is 41.9 Å². The van der Waals surface area contributed by atoms with Gasteiger partial charge in [-0.3, -0.25) is 9.59 Å². The number of nitrogens with one attached hydrogen (secondary N) is 1. The highest BCUT2D eigenvalue weighted by atomic mass is 32.1. The summed E-state index contributed by atoms with van der Waals surface area (Å²) in [4.78, 5) is 37.9. The highest BCUT2D eigenvalue weighted by Crippen LogP contribution is 2.45. The maximum atomic E-state index is 13.2. The summed E-state index contributed by atoms with van der Waals surface area (Å²) < 4.78 is 11.1. The number of aliphatic carboxylic acids is 1. The molecule has 2 aromatic rings. The van der Waals surface area contributed by atoms with Gasteiger partial charge >= 0.3 is 11.9 Å². The number of carbonyl (C=O) groups excluding carboxylic acids is 2. The molecule has 4 atom stereocenters. The average Bonchev–Trinajstić information content (AvgIpc) is 3.46. The summed E-state index contributed by atoms with van der Waals surface area (Å²) in [6.07, 6.45) is 1.15. The number of aryl methyl sites for hydroxylation is 2. The number of esters is 1. The van der Waals surface area contributed by atoms with Crippen molar-refractivity contribution in [2.24, 2.45) is 11.8 Å². The molecule has 2 fully saturated rings. The molecule has 1 amide bonds. The Morgan fingerprint density at radius 3 is 2.53 bits per heavy atom. The van der Waals surface area contributed by atoms with Crippen LogP contribution in [0.3, 0.4) is 0 Å². The van der Waals surface area contributed by atoms with Crippen LogP contribution >= 0.6 is 11.3 Å². The van der Waals surface area contributed by atoms with E-state index in [0.717, 1.165) is 16.7 Å². The average molecular weight is 458 g/mol. The van der Waals surface area contributed by atoms with Crippen molar-refractivity contribution >= 4 is 34.2 Å². The monoisotopic (exact) mass is 457 g/mol. The molecule has 1 aromatic carbocycles. The zero-order valence-electron chi connectivity index (χ0n) is 18.3. The Labute approximate surface area is 190 Å². The number of anilines is 1. The maximum absolute atomic E-state index is 13.2. The zero-order valence-corrected chi connectivity index (χ0v) is 19.2. The van der Waals surface area contributed by atoms with Crippen LogP contribution in [-0.4, -0.2) is 41.8 Å². The molecule has 0 unspecified atom stereocenters. The van der Waals surface area contributed by atoms with Crippen molar-refractivity contribution in [2.75, 3.05) is 11.9 Å². The molecule has 2 bridgehead atoms. The minimum absolute atomic E-state index is 0.274. The van der Waals surface area contributed by atoms with Crippen LogP contribution < -0.4 is 5.32 Å². The molecule has 1 aromatic heterocycles. The van der Waals surface area contributed by atoms with Gasteiger partial charge in [0.1, 0.15) is 10.6 Å². The van der Waals surface area contributed by atoms with E-state index >= 15 is 0 Å². The first kappa shape index (κ1) is 22.5. The van der Waals surface area contributed by atoms with Crippen LogP contribution in [0, 0.1) is 25.7 Å². The van der Waals surface area contributed by atoms with Gasteiger partial charge in [0.25, 0.3) is 0 Å². The van der Waals surface area contributed by atoms with Crippen LogP contribution in [0.1, 0.15) is 47.7 Å². The number of fused-ring (bicyclic) bond motifs is 2. The molecule has 0 radical (unpaired) electrons. The zero-order chi connectivity index (χ0) is 23.0. The number of hydrogen-bond donors (Lipinski definition) is 2. The van der Waals surface area contributed by atoms with E-state index in [1.807, 2.05) is 44.4 Å².